The highest BCUT2D eigenvalue weighted by atomic mass is 16.7. The van der Waals surface area contributed by atoms with E-state index in [1.54, 1.807) is 62.7 Å². The van der Waals surface area contributed by atoms with Crippen molar-refractivity contribution in [2.75, 3.05) is 13.7 Å². The van der Waals surface area contributed by atoms with E-state index in [1.807, 2.05) is 48.5 Å². The summed E-state index contributed by atoms with van der Waals surface area (Å²) in [6, 6.07) is 19.2. The first-order chi connectivity index (χ1) is 30.1. The number of esters is 1. The Morgan fingerprint density at radius 3 is 2.24 bits per heavy atom. The van der Waals surface area contributed by atoms with Crippen molar-refractivity contribution in [2.24, 2.45) is 10.7 Å². The summed E-state index contributed by atoms with van der Waals surface area (Å²) in [7, 11) is 1.22. The topological polar surface area (TPSA) is 268 Å². The van der Waals surface area contributed by atoms with Crippen LogP contribution in [0.5, 0.6) is 0 Å². The number of H-pyrrole nitrogens is 2. The minimum Gasteiger partial charge on any atom is -0.467 e. The fourth-order valence-corrected chi connectivity index (χ4v) is 7.57. The van der Waals surface area contributed by atoms with Gasteiger partial charge in [0.2, 0.25) is 17.7 Å². The van der Waals surface area contributed by atoms with Gasteiger partial charge in [0.15, 0.2) is 5.03 Å². The molecule has 1 aliphatic heterocycles. The van der Waals surface area contributed by atoms with Crippen LogP contribution in [0.25, 0.3) is 21.8 Å². The second-order valence-electron chi connectivity index (χ2n) is 16.2. The Hall–Kier alpha value is -7.44. The van der Waals surface area contributed by atoms with Crippen LogP contribution in [0.2, 0.25) is 0 Å². The first-order valence-electron chi connectivity index (χ1n) is 20.5. The summed E-state index contributed by atoms with van der Waals surface area (Å²) in [6.07, 6.45) is 1.25. The standard InChI is InChI=1S/C44H52N10O9/c1-44(2,3)63-43(59)53-25-36-30(29-16-9-11-18-32(29)48-36)23-37(53)40(57)49-33(19-12-20-46-42(45)52-54(60)61)38(55)50-34(21-26-13-6-5-7-14-26)39(56)51-35(41(58)62-4)22-27-24-47-31-17-10-8-15-28(27)31/h5-11,13-18,24,33-35,37,47-48H,12,19-23,25H2,1-4H3,(H,49,57)(H,50,55)(H,51,56)(H3,45,46,52)/t33-,34-,35-,37-/m0/s1. The molecule has 2 aromatic heterocycles. The van der Waals surface area contributed by atoms with Gasteiger partial charge in [-0.25, -0.2) is 24.7 Å². The predicted molar refractivity (Wildman–Crippen MR) is 233 cm³/mol. The third-order valence-electron chi connectivity index (χ3n) is 10.5. The van der Waals surface area contributed by atoms with Crippen molar-refractivity contribution in [1.82, 2.24) is 36.2 Å². The third-order valence-corrected chi connectivity index (χ3v) is 10.5. The number of hydrazine groups is 1. The number of benzene rings is 3. The maximum absolute atomic E-state index is 14.5. The Morgan fingerprint density at radius 2 is 1.54 bits per heavy atom. The van der Waals surface area contributed by atoms with E-state index in [9.17, 15) is 34.1 Å². The van der Waals surface area contributed by atoms with E-state index in [2.05, 4.69) is 30.9 Å². The van der Waals surface area contributed by atoms with Crippen molar-refractivity contribution in [1.29, 1.82) is 0 Å². The van der Waals surface area contributed by atoms with Crippen molar-refractivity contribution in [3.8, 4) is 0 Å². The molecule has 0 radical (unpaired) electrons. The summed E-state index contributed by atoms with van der Waals surface area (Å²) in [5.74, 6) is -3.26. The number of hydrogen-bond donors (Lipinski definition) is 7. The van der Waals surface area contributed by atoms with E-state index in [1.165, 1.54) is 12.0 Å². The number of carbonyl (C=O) groups is 5. The normalized spacial score (nSPS) is 15.4. The minimum absolute atomic E-state index is 0.00579. The highest BCUT2D eigenvalue weighted by Gasteiger charge is 2.40. The van der Waals surface area contributed by atoms with Crippen LogP contribution in [0, 0.1) is 10.1 Å². The average molecular weight is 865 g/mol. The molecule has 19 heteroatoms. The van der Waals surface area contributed by atoms with Gasteiger partial charge in [-0.2, -0.15) is 0 Å². The van der Waals surface area contributed by atoms with Crippen molar-refractivity contribution >= 4 is 57.5 Å². The molecule has 0 saturated heterocycles. The number of fused-ring (bicyclic) bond motifs is 4. The maximum atomic E-state index is 14.5. The van der Waals surface area contributed by atoms with Crippen LogP contribution >= 0.6 is 0 Å². The van der Waals surface area contributed by atoms with Crippen LogP contribution in [0.4, 0.5) is 4.79 Å². The molecule has 4 amide bonds. The molecule has 1 aliphatic rings. The fourth-order valence-electron chi connectivity index (χ4n) is 7.57. The minimum atomic E-state index is -1.31. The fraction of sp³-hybridized carbons (Fsp3) is 0.364. The van der Waals surface area contributed by atoms with Gasteiger partial charge in [-0.3, -0.25) is 19.3 Å². The number of amides is 4. The Labute approximate surface area is 362 Å². The number of ether oxygens (including phenoxy) is 2. The molecule has 0 spiro atoms. The SMILES string of the molecule is COC(=O)[C@H](Cc1c[nH]c2ccccc12)NC(=O)[C@H](Cc1ccccc1)NC(=O)[C@H](CCCN=C(N)N[N+](=O)[O-])NC(=O)[C@@H]1Cc2c([nH]c3ccccc23)CN1C(=O)OC(C)(C)C. The lowest BCUT2D eigenvalue weighted by molar-refractivity contribution is -0.525. The number of nitro groups is 1. The predicted octanol–water partition coefficient (Wildman–Crippen LogP) is 3.30. The van der Waals surface area contributed by atoms with Gasteiger partial charge in [-0.1, -0.05) is 72.2 Å². The van der Waals surface area contributed by atoms with E-state index in [0.717, 1.165) is 38.6 Å². The molecule has 6 rings (SSSR count). The molecule has 5 aromatic rings. The largest absolute Gasteiger partial charge is 0.467 e. The summed E-state index contributed by atoms with van der Waals surface area (Å²) >= 11 is 0. The zero-order valence-electron chi connectivity index (χ0n) is 35.4. The first kappa shape index (κ1) is 45.1. The van der Waals surface area contributed by atoms with E-state index >= 15 is 0 Å². The molecule has 0 aliphatic carbocycles. The average Bonchev–Trinajstić information content (AvgIpc) is 3.83. The van der Waals surface area contributed by atoms with Crippen LogP contribution in [0.3, 0.4) is 0 Å². The quantitative estimate of drug-likeness (QED) is 0.0189. The number of rotatable bonds is 16. The zero-order valence-corrected chi connectivity index (χ0v) is 35.4. The highest BCUT2D eigenvalue weighted by molar-refractivity contribution is 5.96. The maximum Gasteiger partial charge on any atom is 0.411 e. The second kappa shape index (κ2) is 20.0. The number of nitrogens with one attached hydrogen (secondary N) is 6. The number of hydrogen-bond acceptors (Lipinski definition) is 10. The Morgan fingerprint density at radius 1 is 0.889 bits per heavy atom. The van der Waals surface area contributed by atoms with E-state index in [4.69, 9.17) is 15.2 Å². The molecule has 19 nitrogen and oxygen atoms in total. The number of nitrogens with two attached hydrogens (primary N) is 1. The van der Waals surface area contributed by atoms with Gasteiger partial charge >= 0.3 is 12.1 Å². The third kappa shape index (κ3) is 11.7. The van der Waals surface area contributed by atoms with E-state index < -0.39 is 70.5 Å². The number of methoxy groups -OCH3 is 1. The number of aromatic amines is 2. The van der Waals surface area contributed by atoms with Crippen molar-refractivity contribution in [3.05, 3.63) is 118 Å². The summed E-state index contributed by atoms with van der Waals surface area (Å²) in [5.41, 5.74) is 11.2. The lowest BCUT2D eigenvalue weighted by atomic mass is 9.95. The number of aliphatic imine (C=N–C) groups is 1. The number of aromatic nitrogens is 2. The van der Waals surface area contributed by atoms with Gasteiger partial charge in [-0.05, 0) is 62.4 Å². The molecule has 0 unspecified atom stereocenters. The smallest absolute Gasteiger partial charge is 0.411 e. The summed E-state index contributed by atoms with van der Waals surface area (Å²) in [5, 5.41) is 20.2. The van der Waals surface area contributed by atoms with Gasteiger partial charge in [0.05, 0.1) is 13.7 Å². The van der Waals surface area contributed by atoms with Crippen molar-refractivity contribution in [3.63, 3.8) is 0 Å². The van der Waals surface area contributed by atoms with Gasteiger partial charge in [0, 0.05) is 59.5 Å². The van der Waals surface area contributed by atoms with Gasteiger partial charge in [0.1, 0.15) is 29.8 Å². The van der Waals surface area contributed by atoms with Crippen LogP contribution in [0.15, 0.2) is 90.1 Å². The molecule has 8 N–H and O–H groups in total. The lowest BCUT2D eigenvalue weighted by Gasteiger charge is -2.36. The monoisotopic (exact) mass is 864 g/mol. The molecule has 63 heavy (non-hydrogen) atoms. The summed E-state index contributed by atoms with van der Waals surface area (Å²) in [4.78, 5) is 92.8. The summed E-state index contributed by atoms with van der Waals surface area (Å²) in [6.45, 7) is 5.10. The molecule has 4 atom stereocenters. The molecule has 3 heterocycles. The van der Waals surface area contributed by atoms with Crippen LogP contribution in [-0.4, -0.2) is 99.1 Å². The first-order valence-corrected chi connectivity index (χ1v) is 20.5. The molecule has 0 fully saturated rings. The Balaban J connectivity index is 1.28. The van der Waals surface area contributed by atoms with Crippen LogP contribution < -0.4 is 27.1 Å². The summed E-state index contributed by atoms with van der Waals surface area (Å²) < 4.78 is 10.8. The highest BCUT2D eigenvalue weighted by Crippen LogP contribution is 2.31. The van der Waals surface area contributed by atoms with Crippen molar-refractivity contribution < 1.29 is 38.5 Å². The molecule has 0 bridgehead atoms. The number of guanidine groups is 1. The number of carbonyl (C=O) groups excluding carboxylic acids is 5. The second-order valence-corrected chi connectivity index (χ2v) is 16.2. The van der Waals surface area contributed by atoms with Gasteiger partial charge in [0.25, 0.3) is 5.96 Å². The Bertz CT molecular complexity index is 2490. The molecule has 3 aromatic carbocycles. The molecule has 0 saturated carbocycles. The van der Waals surface area contributed by atoms with Gasteiger partial charge in [-0.15, -0.1) is 0 Å². The molecular formula is C44H52N10O9. The Kier molecular flexibility index (Phi) is 14.3. The van der Waals surface area contributed by atoms with E-state index in [-0.39, 0.29) is 45.2 Å². The van der Waals surface area contributed by atoms with Crippen molar-refractivity contribution in [2.45, 2.75) is 89.2 Å². The van der Waals surface area contributed by atoms with E-state index in [0.29, 0.717) is 5.56 Å². The molecule has 332 valence electrons. The van der Waals surface area contributed by atoms with Crippen LogP contribution in [0.1, 0.15) is 56.0 Å². The van der Waals surface area contributed by atoms with Gasteiger partial charge < -0.3 is 41.1 Å². The van der Waals surface area contributed by atoms with Crippen LogP contribution in [-0.2, 0) is 54.5 Å². The lowest BCUT2D eigenvalue weighted by Crippen LogP contribution is -2.59. The number of para-hydroxylation sites is 2. The molecular weight excluding hydrogens is 813 g/mol. The number of nitrogens with zero attached hydrogens (tertiary/aromatic N) is 3. The zero-order chi connectivity index (χ0) is 45.3.